The van der Waals surface area contributed by atoms with E-state index in [2.05, 4.69) is 52.4 Å². The summed E-state index contributed by atoms with van der Waals surface area (Å²) in [5, 5.41) is 3.98. The minimum atomic E-state index is 0.468. The molecule has 0 unspecified atom stereocenters. The summed E-state index contributed by atoms with van der Waals surface area (Å²) in [6, 6.07) is 10.0. The first-order valence-electron chi connectivity index (χ1n) is 8.20. The smallest absolute Gasteiger partial charge is 0.0294 e. The maximum atomic E-state index is 3.98. The Labute approximate surface area is 130 Å². The van der Waals surface area contributed by atoms with Crippen LogP contribution >= 0.6 is 15.9 Å². The highest BCUT2D eigenvalue weighted by Crippen LogP contribution is 2.54. The van der Waals surface area contributed by atoms with E-state index in [-0.39, 0.29) is 0 Å². The zero-order chi connectivity index (χ0) is 13.7. The molecule has 4 aliphatic carbocycles. The van der Waals surface area contributed by atoms with Crippen LogP contribution in [0.1, 0.15) is 50.6 Å². The molecule has 1 atom stereocenters. The van der Waals surface area contributed by atoms with Crippen LogP contribution in [0.5, 0.6) is 0 Å². The van der Waals surface area contributed by atoms with E-state index in [4.69, 9.17) is 0 Å². The van der Waals surface area contributed by atoms with Gasteiger partial charge < -0.3 is 5.32 Å². The van der Waals surface area contributed by atoms with E-state index in [1.807, 2.05) is 0 Å². The lowest BCUT2D eigenvalue weighted by atomic mass is 9.54. The van der Waals surface area contributed by atoms with Crippen LogP contribution in [0, 0.1) is 23.7 Å². The van der Waals surface area contributed by atoms with Crippen LogP contribution in [0.4, 0.5) is 0 Å². The summed E-state index contributed by atoms with van der Waals surface area (Å²) in [7, 11) is 0. The van der Waals surface area contributed by atoms with Gasteiger partial charge in [-0.2, -0.15) is 0 Å². The van der Waals surface area contributed by atoms with E-state index in [1.165, 1.54) is 35.7 Å². The van der Waals surface area contributed by atoms with Gasteiger partial charge in [0.05, 0.1) is 0 Å². The van der Waals surface area contributed by atoms with Crippen molar-refractivity contribution in [3.63, 3.8) is 0 Å². The number of halogens is 1. The summed E-state index contributed by atoms with van der Waals surface area (Å²) in [5.74, 6) is 4.05. The zero-order valence-corrected chi connectivity index (χ0v) is 13.8. The normalized spacial score (nSPS) is 40.0. The Bertz CT molecular complexity index is 470. The van der Waals surface area contributed by atoms with Crippen LogP contribution in [0.25, 0.3) is 0 Å². The van der Waals surface area contributed by atoms with Gasteiger partial charge in [-0.15, -0.1) is 0 Å². The summed E-state index contributed by atoms with van der Waals surface area (Å²) in [5.41, 5.74) is 1.41. The molecule has 0 heterocycles. The van der Waals surface area contributed by atoms with E-state index < -0.39 is 0 Å². The first-order chi connectivity index (χ1) is 9.69. The molecule has 4 bridgehead atoms. The molecule has 20 heavy (non-hydrogen) atoms. The highest BCUT2D eigenvalue weighted by Gasteiger charge is 2.48. The van der Waals surface area contributed by atoms with Crippen LogP contribution < -0.4 is 5.32 Å². The molecule has 108 valence electrons. The lowest BCUT2D eigenvalue weighted by molar-refractivity contribution is -0.0171. The van der Waals surface area contributed by atoms with Gasteiger partial charge in [-0.05, 0) is 80.4 Å². The maximum Gasteiger partial charge on any atom is 0.0294 e. The molecule has 1 nitrogen and oxygen atoms in total. The Hall–Kier alpha value is -0.340. The quantitative estimate of drug-likeness (QED) is 0.827. The molecule has 1 N–H and O–H groups in total. The summed E-state index contributed by atoms with van der Waals surface area (Å²) in [6.45, 7) is 2.33. The molecule has 0 radical (unpaired) electrons. The van der Waals surface area contributed by atoms with Crippen molar-refractivity contribution >= 4 is 15.9 Å². The van der Waals surface area contributed by atoms with Crippen molar-refractivity contribution in [1.29, 1.82) is 0 Å². The standard InChI is InChI=1S/C18H24BrN/c1-11(14-3-2-4-17(19)10-14)20-18-15-6-12-5-13(8-15)9-16(18)7-12/h2-4,10-13,15-16,18,20H,5-9H2,1H3/t11-,12?,13?,15?,16?,18?/m1/s1. The zero-order valence-electron chi connectivity index (χ0n) is 12.2. The second kappa shape index (κ2) is 5.14. The fourth-order valence-electron chi connectivity index (χ4n) is 5.36. The third-order valence-corrected chi connectivity index (χ3v) is 6.51. The lowest BCUT2D eigenvalue weighted by Gasteiger charge is -2.55. The molecular formula is C18H24BrN. The number of benzene rings is 1. The second-order valence-electron chi connectivity index (χ2n) is 7.40. The van der Waals surface area contributed by atoms with Gasteiger partial charge in [0.25, 0.3) is 0 Å². The Kier molecular flexibility index (Phi) is 3.42. The van der Waals surface area contributed by atoms with Gasteiger partial charge in [0.1, 0.15) is 0 Å². The highest BCUT2D eigenvalue weighted by molar-refractivity contribution is 9.10. The molecule has 0 amide bonds. The third-order valence-electron chi connectivity index (χ3n) is 6.02. The molecular weight excluding hydrogens is 310 g/mol. The van der Waals surface area contributed by atoms with Gasteiger partial charge in [0.15, 0.2) is 0 Å². The van der Waals surface area contributed by atoms with Crippen molar-refractivity contribution in [3.8, 4) is 0 Å². The van der Waals surface area contributed by atoms with Crippen LogP contribution in [0.3, 0.4) is 0 Å². The minimum Gasteiger partial charge on any atom is -0.307 e. The average molecular weight is 334 g/mol. The van der Waals surface area contributed by atoms with Crippen molar-refractivity contribution in [2.24, 2.45) is 23.7 Å². The van der Waals surface area contributed by atoms with Crippen LogP contribution in [-0.2, 0) is 0 Å². The SMILES string of the molecule is C[C@@H](NC1C2CC3CC(C2)CC1C3)c1cccc(Br)c1. The number of nitrogens with one attached hydrogen (secondary N) is 1. The minimum absolute atomic E-state index is 0.468. The molecule has 0 aromatic heterocycles. The Balaban J connectivity index is 1.49. The van der Waals surface area contributed by atoms with Crippen LogP contribution in [0.15, 0.2) is 28.7 Å². The van der Waals surface area contributed by atoms with E-state index in [0.29, 0.717) is 6.04 Å². The first-order valence-corrected chi connectivity index (χ1v) is 9.00. The molecule has 5 rings (SSSR count). The van der Waals surface area contributed by atoms with Crippen LogP contribution in [0.2, 0.25) is 0 Å². The fourth-order valence-corrected chi connectivity index (χ4v) is 5.78. The largest absolute Gasteiger partial charge is 0.307 e. The molecule has 4 fully saturated rings. The summed E-state index contributed by atoms with van der Waals surface area (Å²) in [4.78, 5) is 0. The van der Waals surface area contributed by atoms with Crippen molar-refractivity contribution in [2.45, 2.75) is 51.1 Å². The molecule has 4 aliphatic rings. The fraction of sp³-hybridized carbons (Fsp3) is 0.667. The van der Waals surface area contributed by atoms with Gasteiger partial charge >= 0.3 is 0 Å². The molecule has 1 aromatic carbocycles. The predicted molar refractivity (Wildman–Crippen MR) is 86.5 cm³/mol. The maximum absolute atomic E-state index is 3.98. The van der Waals surface area contributed by atoms with Crippen molar-refractivity contribution in [1.82, 2.24) is 5.32 Å². The molecule has 2 heteroatoms. The van der Waals surface area contributed by atoms with Crippen molar-refractivity contribution in [2.75, 3.05) is 0 Å². The van der Waals surface area contributed by atoms with E-state index in [0.717, 1.165) is 29.7 Å². The van der Waals surface area contributed by atoms with Crippen molar-refractivity contribution < 1.29 is 0 Å². The second-order valence-corrected chi connectivity index (χ2v) is 8.32. The van der Waals surface area contributed by atoms with E-state index in [1.54, 1.807) is 6.42 Å². The van der Waals surface area contributed by atoms with Gasteiger partial charge in [-0.1, -0.05) is 28.1 Å². The van der Waals surface area contributed by atoms with E-state index >= 15 is 0 Å². The highest BCUT2D eigenvalue weighted by atomic mass is 79.9. The monoisotopic (exact) mass is 333 g/mol. The molecule has 4 saturated carbocycles. The average Bonchev–Trinajstić information content (AvgIpc) is 2.42. The first kappa shape index (κ1) is 13.3. The number of rotatable bonds is 3. The molecule has 0 aliphatic heterocycles. The van der Waals surface area contributed by atoms with E-state index in [9.17, 15) is 0 Å². The van der Waals surface area contributed by atoms with Gasteiger partial charge in [0.2, 0.25) is 0 Å². The summed E-state index contributed by atoms with van der Waals surface area (Å²) >= 11 is 3.59. The van der Waals surface area contributed by atoms with Gasteiger partial charge in [-0.3, -0.25) is 0 Å². The number of hydrogen-bond acceptors (Lipinski definition) is 1. The molecule has 1 aromatic rings. The Morgan fingerprint density at radius 2 is 1.70 bits per heavy atom. The topological polar surface area (TPSA) is 12.0 Å². The molecule has 0 spiro atoms. The van der Waals surface area contributed by atoms with Crippen molar-refractivity contribution in [3.05, 3.63) is 34.3 Å². The van der Waals surface area contributed by atoms with Gasteiger partial charge in [-0.25, -0.2) is 0 Å². The lowest BCUT2D eigenvalue weighted by Crippen LogP contribution is -2.54. The predicted octanol–water partition coefficient (Wildman–Crippen LogP) is 4.92. The Morgan fingerprint density at radius 3 is 2.30 bits per heavy atom. The molecule has 0 saturated heterocycles. The Morgan fingerprint density at radius 1 is 1.05 bits per heavy atom. The third kappa shape index (κ3) is 2.35. The number of hydrogen-bond donors (Lipinski definition) is 1. The summed E-state index contributed by atoms with van der Waals surface area (Å²) in [6.07, 6.45) is 7.53. The van der Waals surface area contributed by atoms with Gasteiger partial charge in [0, 0.05) is 16.6 Å². The van der Waals surface area contributed by atoms with Crippen LogP contribution in [-0.4, -0.2) is 6.04 Å². The summed E-state index contributed by atoms with van der Waals surface area (Å²) < 4.78 is 1.19.